The van der Waals surface area contributed by atoms with E-state index in [0.29, 0.717) is 21.8 Å². The zero-order chi connectivity index (χ0) is 21.0. The Bertz CT molecular complexity index is 1030. The van der Waals surface area contributed by atoms with Crippen LogP contribution in [0.25, 0.3) is 10.9 Å². The van der Waals surface area contributed by atoms with Gasteiger partial charge in [-0.15, -0.1) is 0 Å². The maximum absolute atomic E-state index is 13.0. The van der Waals surface area contributed by atoms with Crippen LogP contribution in [0.1, 0.15) is 37.4 Å². The van der Waals surface area contributed by atoms with Crippen molar-refractivity contribution in [2.24, 2.45) is 0 Å². The van der Waals surface area contributed by atoms with Crippen LogP contribution in [0, 0.1) is 13.8 Å². The van der Waals surface area contributed by atoms with Crippen molar-refractivity contribution >= 4 is 22.7 Å². The average molecular weight is 413 g/mol. The highest BCUT2D eigenvalue weighted by Gasteiger charge is 2.17. The number of fused-ring (bicyclic) bond motifs is 1. The lowest BCUT2D eigenvalue weighted by atomic mass is 10.1. The number of nitrogens with zero attached hydrogens (tertiary/aromatic N) is 2. The molecule has 1 N–H and O–H groups in total. The molecule has 0 aliphatic rings. The third-order valence-electron chi connectivity index (χ3n) is 5.04. The summed E-state index contributed by atoms with van der Waals surface area (Å²) in [5.74, 6) is 1.21. The third kappa shape index (κ3) is 4.82. The normalized spacial score (nSPS) is 13.4. The highest BCUT2D eigenvalue weighted by Crippen LogP contribution is 2.25. The minimum atomic E-state index is -0.673. The smallest absolute Gasteiger partial charge is 0.262 e. The molecule has 2 aromatic carbocycles. The molecule has 1 heterocycles. The maximum Gasteiger partial charge on any atom is 0.262 e. The highest BCUT2D eigenvalue weighted by atomic mass is 32.2. The Morgan fingerprint density at radius 1 is 1.14 bits per heavy atom. The van der Waals surface area contributed by atoms with E-state index >= 15 is 0 Å². The van der Waals surface area contributed by atoms with Gasteiger partial charge in [-0.25, -0.2) is 4.98 Å². The largest absolute Gasteiger partial charge is 0.490 e. The third-order valence-corrected chi connectivity index (χ3v) is 6.14. The molecule has 0 bridgehead atoms. The summed E-state index contributed by atoms with van der Waals surface area (Å²) in [6.45, 7) is 8.25. The Hall–Kier alpha value is -2.31. The van der Waals surface area contributed by atoms with Crippen molar-refractivity contribution in [2.75, 3.05) is 12.4 Å². The second kappa shape index (κ2) is 9.46. The van der Waals surface area contributed by atoms with Gasteiger partial charge in [-0.1, -0.05) is 49.0 Å². The van der Waals surface area contributed by atoms with Crippen molar-refractivity contribution in [1.29, 1.82) is 0 Å². The fraction of sp³-hybridized carbons (Fsp3) is 0.391. The molecule has 5 nitrogen and oxygen atoms in total. The monoisotopic (exact) mass is 412 g/mol. The fourth-order valence-electron chi connectivity index (χ4n) is 3.22. The Labute approximate surface area is 175 Å². The second-order valence-electron chi connectivity index (χ2n) is 7.34. The molecule has 0 saturated heterocycles. The van der Waals surface area contributed by atoms with Crippen LogP contribution in [0.4, 0.5) is 0 Å². The standard InChI is InChI=1S/C23H28N2O3S/c1-5-17(4)25-22(27)19-11-6-7-12-20(19)24-23(25)29-14-18(26)13-28-21-15(2)9-8-10-16(21)3/h6-12,17-18,26H,5,13-14H2,1-4H3/t17-,18+/m0/s1. The van der Waals surface area contributed by atoms with E-state index < -0.39 is 6.10 Å². The first-order valence-corrected chi connectivity index (χ1v) is 10.9. The van der Waals surface area contributed by atoms with E-state index in [1.54, 1.807) is 4.57 Å². The van der Waals surface area contributed by atoms with Crippen molar-refractivity contribution in [3.05, 3.63) is 63.9 Å². The number of aromatic nitrogens is 2. The lowest BCUT2D eigenvalue weighted by molar-refractivity contribution is 0.125. The molecule has 3 rings (SSSR count). The molecule has 1 aromatic heterocycles. The van der Waals surface area contributed by atoms with E-state index in [0.717, 1.165) is 23.3 Å². The number of para-hydroxylation sites is 2. The van der Waals surface area contributed by atoms with Gasteiger partial charge in [0.1, 0.15) is 12.4 Å². The summed E-state index contributed by atoms with van der Waals surface area (Å²) in [7, 11) is 0. The molecule has 0 fully saturated rings. The lowest BCUT2D eigenvalue weighted by Gasteiger charge is -2.19. The zero-order valence-electron chi connectivity index (χ0n) is 17.4. The first-order valence-electron chi connectivity index (χ1n) is 9.93. The van der Waals surface area contributed by atoms with Crippen molar-refractivity contribution in [1.82, 2.24) is 9.55 Å². The number of aliphatic hydroxyl groups excluding tert-OH is 1. The number of ether oxygens (including phenoxy) is 1. The molecule has 0 amide bonds. The van der Waals surface area contributed by atoms with Crippen LogP contribution in [0.15, 0.2) is 52.4 Å². The predicted molar refractivity (Wildman–Crippen MR) is 119 cm³/mol. The molecule has 0 saturated carbocycles. The quantitative estimate of drug-likeness (QED) is 0.435. The van der Waals surface area contributed by atoms with E-state index in [-0.39, 0.29) is 18.2 Å². The van der Waals surface area contributed by atoms with Gasteiger partial charge >= 0.3 is 0 Å². The van der Waals surface area contributed by atoms with Gasteiger partial charge in [-0.3, -0.25) is 9.36 Å². The molecule has 3 aromatic rings. The molecule has 6 heteroatoms. The van der Waals surface area contributed by atoms with Crippen LogP contribution >= 0.6 is 11.8 Å². The summed E-state index contributed by atoms with van der Waals surface area (Å²) in [6.07, 6.45) is 0.152. The maximum atomic E-state index is 13.0. The Balaban J connectivity index is 1.76. The molecular formula is C23H28N2O3S. The summed E-state index contributed by atoms with van der Waals surface area (Å²) < 4.78 is 7.60. The van der Waals surface area contributed by atoms with Crippen LogP contribution in [-0.2, 0) is 0 Å². The number of hydrogen-bond donors (Lipinski definition) is 1. The topological polar surface area (TPSA) is 64.3 Å². The Morgan fingerprint density at radius 3 is 2.52 bits per heavy atom. The summed E-state index contributed by atoms with van der Waals surface area (Å²) in [4.78, 5) is 17.7. The molecule has 0 aliphatic heterocycles. The first kappa shape index (κ1) is 21.4. The molecule has 0 radical (unpaired) electrons. The molecule has 29 heavy (non-hydrogen) atoms. The van der Waals surface area contributed by atoms with Crippen molar-refractivity contribution in [2.45, 2.75) is 51.4 Å². The van der Waals surface area contributed by atoms with Gasteiger partial charge in [0.15, 0.2) is 5.16 Å². The van der Waals surface area contributed by atoms with E-state index in [1.165, 1.54) is 11.8 Å². The zero-order valence-corrected chi connectivity index (χ0v) is 18.2. The SMILES string of the molecule is CC[C@H](C)n1c(SC[C@H](O)COc2c(C)cccc2C)nc2ccccc2c1=O. The van der Waals surface area contributed by atoms with Crippen LogP contribution in [0.3, 0.4) is 0 Å². The van der Waals surface area contributed by atoms with Crippen LogP contribution in [-0.4, -0.2) is 33.1 Å². The summed E-state index contributed by atoms with van der Waals surface area (Å²) in [5, 5.41) is 11.7. The minimum absolute atomic E-state index is 0.0325. The summed E-state index contributed by atoms with van der Waals surface area (Å²) >= 11 is 1.39. The number of aryl methyl sites for hydroxylation is 2. The second-order valence-corrected chi connectivity index (χ2v) is 8.33. The molecule has 0 unspecified atom stereocenters. The van der Waals surface area contributed by atoms with Crippen molar-refractivity contribution in [3.63, 3.8) is 0 Å². The van der Waals surface area contributed by atoms with Gasteiger partial charge in [0.2, 0.25) is 0 Å². The number of benzene rings is 2. The number of aliphatic hydroxyl groups is 1. The molecule has 154 valence electrons. The summed E-state index contributed by atoms with van der Waals surface area (Å²) in [6, 6.07) is 13.4. The van der Waals surface area contributed by atoms with Gasteiger partial charge in [0.25, 0.3) is 5.56 Å². The van der Waals surface area contributed by atoms with E-state index in [2.05, 4.69) is 0 Å². The first-order chi connectivity index (χ1) is 13.9. The molecule has 0 spiro atoms. The highest BCUT2D eigenvalue weighted by molar-refractivity contribution is 7.99. The van der Waals surface area contributed by atoms with Crippen molar-refractivity contribution < 1.29 is 9.84 Å². The van der Waals surface area contributed by atoms with Gasteiger partial charge < -0.3 is 9.84 Å². The number of hydrogen-bond acceptors (Lipinski definition) is 5. The predicted octanol–water partition coefficient (Wildman–Crippen LogP) is 4.52. The average Bonchev–Trinajstić information content (AvgIpc) is 2.71. The van der Waals surface area contributed by atoms with Gasteiger partial charge in [-0.2, -0.15) is 0 Å². The number of thioether (sulfide) groups is 1. The van der Waals surface area contributed by atoms with Crippen LogP contribution in [0.2, 0.25) is 0 Å². The van der Waals surface area contributed by atoms with Gasteiger partial charge in [-0.05, 0) is 50.5 Å². The van der Waals surface area contributed by atoms with Crippen LogP contribution in [0.5, 0.6) is 5.75 Å². The molecular weight excluding hydrogens is 384 g/mol. The lowest BCUT2D eigenvalue weighted by Crippen LogP contribution is -2.27. The Kier molecular flexibility index (Phi) is 6.98. The number of rotatable bonds is 8. The van der Waals surface area contributed by atoms with Crippen LogP contribution < -0.4 is 10.3 Å². The minimum Gasteiger partial charge on any atom is -0.490 e. The summed E-state index contributed by atoms with van der Waals surface area (Å²) in [5.41, 5.74) is 2.74. The van der Waals surface area contributed by atoms with Gasteiger partial charge in [0.05, 0.1) is 17.0 Å². The van der Waals surface area contributed by atoms with E-state index in [9.17, 15) is 9.90 Å². The molecule has 0 aliphatic carbocycles. The van der Waals surface area contributed by atoms with E-state index in [4.69, 9.17) is 9.72 Å². The Morgan fingerprint density at radius 2 is 1.83 bits per heavy atom. The van der Waals surface area contributed by atoms with E-state index in [1.807, 2.05) is 70.2 Å². The fourth-order valence-corrected chi connectivity index (χ4v) is 4.23. The van der Waals surface area contributed by atoms with Crippen molar-refractivity contribution in [3.8, 4) is 5.75 Å². The molecule has 2 atom stereocenters. The van der Waals surface area contributed by atoms with Gasteiger partial charge in [0, 0.05) is 11.8 Å².